The molecule has 0 unspecified atom stereocenters. The number of ether oxygens (including phenoxy) is 1. The summed E-state index contributed by atoms with van der Waals surface area (Å²) in [4.78, 5) is 12.6. The van der Waals surface area contributed by atoms with Crippen molar-refractivity contribution in [3.05, 3.63) is 34.9 Å². The maximum atomic E-state index is 12.6. The number of ketones is 1. The van der Waals surface area contributed by atoms with Crippen LogP contribution in [0.25, 0.3) is 0 Å². The second-order valence-corrected chi connectivity index (χ2v) is 5.65. The molecule has 1 fully saturated rings. The molecule has 1 aliphatic carbocycles. The predicted molar refractivity (Wildman–Crippen MR) is 77.6 cm³/mol. The van der Waals surface area contributed by atoms with Gasteiger partial charge in [0, 0.05) is 18.1 Å². The van der Waals surface area contributed by atoms with Gasteiger partial charge in [-0.05, 0) is 37.5 Å². The molecular formula is C16H21ClO2. The number of carbonyl (C=O) groups excluding carboxylic acids is 1. The smallest absolute Gasteiger partial charge is 0.168 e. The van der Waals surface area contributed by atoms with Crippen molar-refractivity contribution in [2.45, 2.75) is 51.0 Å². The van der Waals surface area contributed by atoms with Crippen LogP contribution in [0.3, 0.4) is 0 Å². The van der Waals surface area contributed by atoms with E-state index in [1.807, 2.05) is 31.2 Å². The lowest BCUT2D eigenvalue weighted by molar-refractivity contribution is -0.148. The highest BCUT2D eigenvalue weighted by Crippen LogP contribution is 2.33. The molecule has 0 heterocycles. The number of halogens is 1. The second-order valence-electron chi connectivity index (χ2n) is 5.21. The molecule has 0 bridgehead atoms. The van der Waals surface area contributed by atoms with Crippen molar-refractivity contribution < 1.29 is 9.53 Å². The normalized spacial score (nSPS) is 18.2. The topological polar surface area (TPSA) is 26.3 Å². The standard InChI is InChI=1S/C16H21ClO2/c1-2-19-16(10-4-3-5-11-16)15(18)12-13-6-8-14(17)9-7-13/h6-9H,2-5,10-12H2,1H3. The van der Waals surface area contributed by atoms with Gasteiger partial charge >= 0.3 is 0 Å². The molecule has 1 saturated carbocycles. The summed E-state index contributed by atoms with van der Waals surface area (Å²) in [5, 5.41) is 0.702. The van der Waals surface area contributed by atoms with Gasteiger partial charge in [-0.3, -0.25) is 4.79 Å². The van der Waals surface area contributed by atoms with Gasteiger partial charge in [0.2, 0.25) is 0 Å². The lowest BCUT2D eigenvalue weighted by Gasteiger charge is -2.35. The molecule has 0 aliphatic heterocycles. The minimum absolute atomic E-state index is 0.219. The van der Waals surface area contributed by atoms with Crippen LogP contribution in [0.5, 0.6) is 0 Å². The third-order valence-electron chi connectivity index (χ3n) is 3.87. The lowest BCUT2D eigenvalue weighted by Crippen LogP contribution is -2.44. The quantitative estimate of drug-likeness (QED) is 0.808. The van der Waals surface area contributed by atoms with E-state index < -0.39 is 5.60 Å². The van der Waals surface area contributed by atoms with E-state index in [-0.39, 0.29) is 5.78 Å². The highest BCUT2D eigenvalue weighted by Gasteiger charge is 2.39. The zero-order chi connectivity index (χ0) is 13.7. The van der Waals surface area contributed by atoms with E-state index in [9.17, 15) is 4.79 Å². The van der Waals surface area contributed by atoms with Gasteiger partial charge in [0.1, 0.15) is 5.60 Å². The highest BCUT2D eigenvalue weighted by molar-refractivity contribution is 6.30. The van der Waals surface area contributed by atoms with Crippen molar-refractivity contribution in [1.82, 2.24) is 0 Å². The van der Waals surface area contributed by atoms with Crippen molar-refractivity contribution in [2.24, 2.45) is 0 Å². The summed E-state index contributed by atoms with van der Waals surface area (Å²) in [5.74, 6) is 0.219. The molecule has 2 rings (SSSR count). The predicted octanol–water partition coefficient (Wildman–Crippen LogP) is 4.19. The summed E-state index contributed by atoms with van der Waals surface area (Å²) in [5.41, 5.74) is 0.478. The van der Waals surface area contributed by atoms with Gasteiger partial charge in [0.15, 0.2) is 5.78 Å². The van der Waals surface area contributed by atoms with E-state index >= 15 is 0 Å². The number of carbonyl (C=O) groups is 1. The molecule has 0 amide bonds. The van der Waals surface area contributed by atoms with E-state index in [4.69, 9.17) is 16.3 Å². The van der Waals surface area contributed by atoms with Crippen molar-refractivity contribution >= 4 is 17.4 Å². The SMILES string of the molecule is CCOC1(C(=O)Cc2ccc(Cl)cc2)CCCCC1. The highest BCUT2D eigenvalue weighted by atomic mass is 35.5. The molecule has 0 N–H and O–H groups in total. The Morgan fingerprint density at radius 1 is 1.21 bits per heavy atom. The van der Waals surface area contributed by atoms with Crippen molar-refractivity contribution in [3.63, 3.8) is 0 Å². The third kappa shape index (κ3) is 3.58. The van der Waals surface area contributed by atoms with Crippen LogP contribution in [-0.2, 0) is 16.0 Å². The van der Waals surface area contributed by atoms with Crippen molar-refractivity contribution in [3.8, 4) is 0 Å². The van der Waals surface area contributed by atoms with Crippen LogP contribution in [0.4, 0.5) is 0 Å². The first kappa shape index (κ1) is 14.5. The summed E-state index contributed by atoms with van der Waals surface area (Å²) in [6.07, 6.45) is 5.57. The van der Waals surface area contributed by atoms with Gasteiger partial charge in [-0.1, -0.05) is 43.0 Å². The minimum Gasteiger partial charge on any atom is -0.367 e. The number of rotatable bonds is 5. The molecule has 0 radical (unpaired) electrons. The molecule has 0 spiro atoms. The van der Waals surface area contributed by atoms with Crippen LogP contribution in [0.1, 0.15) is 44.6 Å². The van der Waals surface area contributed by atoms with Crippen LogP contribution in [0.2, 0.25) is 5.02 Å². The van der Waals surface area contributed by atoms with E-state index in [1.54, 1.807) is 0 Å². The molecule has 19 heavy (non-hydrogen) atoms. The van der Waals surface area contributed by atoms with Crippen molar-refractivity contribution in [1.29, 1.82) is 0 Å². The Morgan fingerprint density at radius 3 is 2.42 bits per heavy atom. The Morgan fingerprint density at radius 2 is 1.84 bits per heavy atom. The molecule has 0 saturated heterocycles. The first-order valence-electron chi connectivity index (χ1n) is 7.08. The summed E-state index contributed by atoms with van der Waals surface area (Å²) in [6.45, 7) is 2.57. The first-order chi connectivity index (χ1) is 9.16. The minimum atomic E-state index is -0.535. The largest absolute Gasteiger partial charge is 0.367 e. The average molecular weight is 281 g/mol. The summed E-state index contributed by atoms with van der Waals surface area (Å²) in [7, 11) is 0. The third-order valence-corrected chi connectivity index (χ3v) is 4.12. The van der Waals surface area contributed by atoms with Gasteiger partial charge in [-0.25, -0.2) is 0 Å². The van der Waals surface area contributed by atoms with Crippen molar-refractivity contribution in [2.75, 3.05) is 6.61 Å². The zero-order valence-corrected chi connectivity index (χ0v) is 12.2. The molecule has 3 heteroatoms. The summed E-state index contributed by atoms with van der Waals surface area (Å²) < 4.78 is 5.85. The van der Waals surface area contributed by atoms with Gasteiger partial charge < -0.3 is 4.74 Å². The Bertz CT molecular complexity index is 413. The second kappa shape index (κ2) is 6.53. The maximum absolute atomic E-state index is 12.6. The lowest BCUT2D eigenvalue weighted by atomic mass is 9.79. The van der Waals surface area contributed by atoms with E-state index in [1.165, 1.54) is 6.42 Å². The molecule has 1 aromatic rings. The van der Waals surface area contributed by atoms with Crippen LogP contribution in [0, 0.1) is 0 Å². The number of hydrogen-bond acceptors (Lipinski definition) is 2. The Balaban J connectivity index is 2.09. The zero-order valence-electron chi connectivity index (χ0n) is 11.5. The fourth-order valence-corrected chi connectivity index (χ4v) is 2.98. The van der Waals surface area contributed by atoms with Gasteiger partial charge in [0.05, 0.1) is 0 Å². The van der Waals surface area contributed by atoms with Crippen LogP contribution < -0.4 is 0 Å². The first-order valence-corrected chi connectivity index (χ1v) is 7.46. The average Bonchev–Trinajstić information content (AvgIpc) is 2.43. The fraction of sp³-hybridized carbons (Fsp3) is 0.562. The number of Topliss-reactive ketones (excluding diaryl/α,β-unsaturated/α-hetero) is 1. The fourth-order valence-electron chi connectivity index (χ4n) is 2.85. The summed E-state index contributed by atoms with van der Waals surface area (Å²) >= 11 is 5.86. The van der Waals surface area contributed by atoms with E-state index in [2.05, 4.69) is 0 Å². The number of hydrogen-bond donors (Lipinski definition) is 0. The molecule has 0 aromatic heterocycles. The van der Waals surface area contributed by atoms with Gasteiger partial charge in [0.25, 0.3) is 0 Å². The van der Waals surface area contributed by atoms with Crippen LogP contribution in [-0.4, -0.2) is 18.0 Å². The maximum Gasteiger partial charge on any atom is 0.168 e. The molecule has 104 valence electrons. The van der Waals surface area contributed by atoms with Gasteiger partial charge in [-0.15, -0.1) is 0 Å². The van der Waals surface area contributed by atoms with Crippen LogP contribution in [0.15, 0.2) is 24.3 Å². The monoisotopic (exact) mass is 280 g/mol. The molecule has 0 atom stereocenters. The van der Waals surface area contributed by atoms with Crippen LogP contribution >= 0.6 is 11.6 Å². The van der Waals surface area contributed by atoms with E-state index in [0.717, 1.165) is 31.2 Å². The Labute approximate surface area is 120 Å². The number of benzene rings is 1. The Hall–Kier alpha value is -0.860. The molecule has 1 aliphatic rings. The summed E-state index contributed by atoms with van der Waals surface area (Å²) in [6, 6.07) is 7.50. The molecular weight excluding hydrogens is 260 g/mol. The Kier molecular flexibility index (Phi) is 5.00. The van der Waals surface area contributed by atoms with E-state index in [0.29, 0.717) is 18.1 Å². The molecule has 2 nitrogen and oxygen atoms in total. The molecule has 1 aromatic carbocycles. The van der Waals surface area contributed by atoms with Gasteiger partial charge in [-0.2, -0.15) is 0 Å².